The van der Waals surface area contributed by atoms with Crippen LogP contribution in [0.1, 0.15) is 6.92 Å². The lowest BCUT2D eigenvalue weighted by Crippen LogP contribution is -2.16. The van der Waals surface area contributed by atoms with Crippen molar-refractivity contribution in [3.05, 3.63) is 35.4 Å². The van der Waals surface area contributed by atoms with Crippen molar-refractivity contribution in [1.82, 2.24) is 0 Å². The number of nitrogens with two attached hydrogens (primary N) is 1. The third-order valence-corrected chi connectivity index (χ3v) is 3.12. The van der Waals surface area contributed by atoms with Crippen LogP contribution in [0.5, 0.6) is 5.75 Å². The van der Waals surface area contributed by atoms with Gasteiger partial charge in [-0.25, -0.2) is 18.4 Å². The molecule has 1 rings (SSSR count). The summed E-state index contributed by atoms with van der Waals surface area (Å²) in [6, 6.07) is 5.58. The Bertz CT molecular complexity index is 565. The Labute approximate surface area is 104 Å². The maximum atomic E-state index is 11.4. The molecule has 0 amide bonds. The Balaban J connectivity index is 3.13. The minimum Gasteiger partial charge on any atom is -0.422 e. The average Bonchev–Trinajstić information content (AvgIpc) is 2.27. The van der Waals surface area contributed by atoms with E-state index < -0.39 is 16.0 Å². The zero-order chi connectivity index (χ0) is 13.1. The lowest BCUT2D eigenvalue weighted by Gasteiger charge is -2.07. The number of carbonyl (C=O) groups is 1. The van der Waals surface area contributed by atoms with Crippen molar-refractivity contribution in [2.45, 2.75) is 11.8 Å². The van der Waals surface area contributed by atoms with E-state index in [1.165, 1.54) is 31.2 Å². The highest BCUT2D eigenvalue weighted by atomic mass is 35.5. The number of carbonyl (C=O) groups excluding carboxylic acids is 1. The summed E-state index contributed by atoms with van der Waals surface area (Å²) in [4.78, 5) is 11.2. The topological polar surface area (TPSA) is 86.5 Å². The fourth-order valence-corrected chi connectivity index (χ4v) is 1.74. The third-order valence-electron chi connectivity index (χ3n) is 1.84. The number of ether oxygens (including phenoxy) is 1. The highest BCUT2D eigenvalue weighted by molar-refractivity contribution is 7.89. The summed E-state index contributed by atoms with van der Waals surface area (Å²) in [5, 5.41) is 4.98. The lowest BCUT2D eigenvalue weighted by atomic mass is 10.3. The Morgan fingerprint density at radius 1 is 1.41 bits per heavy atom. The van der Waals surface area contributed by atoms with Crippen LogP contribution in [0.25, 0.3) is 0 Å². The van der Waals surface area contributed by atoms with Crippen molar-refractivity contribution in [2.24, 2.45) is 5.14 Å². The molecule has 0 spiro atoms. The zero-order valence-corrected chi connectivity index (χ0v) is 10.5. The SMILES string of the molecule is CC(=CCl)C(=O)Oc1ccccc1S(N)(=O)=O. The van der Waals surface area contributed by atoms with Gasteiger partial charge in [-0.15, -0.1) is 0 Å². The summed E-state index contributed by atoms with van der Waals surface area (Å²) in [5.41, 5.74) is 1.19. The van der Waals surface area contributed by atoms with E-state index in [4.69, 9.17) is 21.5 Å². The van der Waals surface area contributed by atoms with Crippen molar-refractivity contribution >= 4 is 27.6 Å². The maximum Gasteiger partial charge on any atom is 0.340 e. The molecule has 0 unspecified atom stereocenters. The van der Waals surface area contributed by atoms with E-state index in [1.807, 2.05) is 0 Å². The van der Waals surface area contributed by atoms with Crippen LogP contribution >= 0.6 is 11.6 Å². The first-order chi connectivity index (χ1) is 7.86. The summed E-state index contributed by atoms with van der Waals surface area (Å²) in [6.07, 6.45) is 0. The van der Waals surface area contributed by atoms with Gasteiger partial charge in [0.1, 0.15) is 4.90 Å². The first-order valence-corrected chi connectivity index (χ1v) is 6.45. The van der Waals surface area contributed by atoms with E-state index in [1.54, 1.807) is 0 Å². The number of para-hydroxylation sites is 1. The summed E-state index contributed by atoms with van der Waals surface area (Å²) in [5.74, 6) is -0.867. The Hall–Kier alpha value is -1.37. The van der Waals surface area contributed by atoms with Gasteiger partial charge in [0.25, 0.3) is 0 Å². The van der Waals surface area contributed by atoms with Crippen molar-refractivity contribution in [3.8, 4) is 5.75 Å². The molecule has 17 heavy (non-hydrogen) atoms. The molecule has 0 radical (unpaired) electrons. The van der Waals surface area contributed by atoms with Gasteiger partial charge in [0.15, 0.2) is 5.75 Å². The van der Waals surface area contributed by atoms with E-state index >= 15 is 0 Å². The minimum atomic E-state index is -3.94. The van der Waals surface area contributed by atoms with E-state index in [-0.39, 0.29) is 16.2 Å². The lowest BCUT2D eigenvalue weighted by molar-refractivity contribution is -0.130. The predicted octanol–water partition coefficient (Wildman–Crippen LogP) is 1.38. The fraction of sp³-hybridized carbons (Fsp3) is 0.100. The normalized spacial score (nSPS) is 12.3. The first kappa shape index (κ1) is 13.7. The summed E-state index contributed by atoms with van der Waals surface area (Å²) >= 11 is 5.34. The number of rotatable bonds is 3. The number of benzene rings is 1. The molecular weight excluding hydrogens is 266 g/mol. The van der Waals surface area contributed by atoms with Gasteiger partial charge in [-0.05, 0) is 19.1 Å². The van der Waals surface area contributed by atoms with Gasteiger partial charge in [-0.1, -0.05) is 23.7 Å². The first-order valence-electron chi connectivity index (χ1n) is 4.47. The molecule has 0 bridgehead atoms. The van der Waals surface area contributed by atoms with Gasteiger partial charge in [0.2, 0.25) is 10.0 Å². The predicted molar refractivity (Wildman–Crippen MR) is 63.1 cm³/mol. The van der Waals surface area contributed by atoms with E-state index in [2.05, 4.69) is 0 Å². The molecule has 1 aromatic carbocycles. The molecule has 0 heterocycles. The summed E-state index contributed by atoms with van der Waals surface area (Å²) in [7, 11) is -3.94. The molecule has 0 saturated heterocycles. The van der Waals surface area contributed by atoms with E-state index in [0.717, 1.165) is 5.54 Å². The largest absolute Gasteiger partial charge is 0.422 e. The highest BCUT2D eigenvalue weighted by Gasteiger charge is 2.17. The van der Waals surface area contributed by atoms with Crippen LogP contribution < -0.4 is 9.88 Å². The number of hydrogen-bond acceptors (Lipinski definition) is 4. The molecule has 1 aromatic rings. The van der Waals surface area contributed by atoms with Gasteiger partial charge in [-0.2, -0.15) is 0 Å². The van der Waals surface area contributed by atoms with Crippen LogP contribution in [0, 0.1) is 0 Å². The van der Waals surface area contributed by atoms with Crippen molar-refractivity contribution in [2.75, 3.05) is 0 Å². The fourth-order valence-electron chi connectivity index (χ4n) is 0.994. The molecule has 7 heteroatoms. The maximum absolute atomic E-state index is 11.4. The van der Waals surface area contributed by atoms with Crippen LogP contribution in [-0.4, -0.2) is 14.4 Å². The molecule has 5 nitrogen and oxygen atoms in total. The van der Waals surface area contributed by atoms with Crippen LogP contribution in [0.3, 0.4) is 0 Å². The molecular formula is C10H10ClNO4S. The number of hydrogen-bond donors (Lipinski definition) is 1. The van der Waals surface area contributed by atoms with Gasteiger partial charge in [0.05, 0.1) is 0 Å². The molecule has 0 aliphatic rings. The highest BCUT2D eigenvalue weighted by Crippen LogP contribution is 2.22. The van der Waals surface area contributed by atoms with Crippen LogP contribution in [0.15, 0.2) is 40.3 Å². The van der Waals surface area contributed by atoms with Crippen molar-refractivity contribution in [1.29, 1.82) is 0 Å². The molecule has 2 N–H and O–H groups in total. The molecule has 0 saturated carbocycles. The molecule has 0 aromatic heterocycles. The van der Waals surface area contributed by atoms with E-state index in [0.29, 0.717) is 0 Å². The van der Waals surface area contributed by atoms with Crippen molar-refractivity contribution < 1.29 is 17.9 Å². The van der Waals surface area contributed by atoms with Crippen molar-refractivity contribution in [3.63, 3.8) is 0 Å². The Morgan fingerprint density at radius 2 is 2.00 bits per heavy atom. The monoisotopic (exact) mass is 275 g/mol. The van der Waals surface area contributed by atoms with Gasteiger partial charge < -0.3 is 4.74 Å². The second-order valence-electron chi connectivity index (χ2n) is 3.17. The molecule has 0 atom stereocenters. The molecule has 0 aliphatic heterocycles. The number of halogens is 1. The Kier molecular flexibility index (Phi) is 4.28. The van der Waals surface area contributed by atoms with Crippen LogP contribution in [0.2, 0.25) is 0 Å². The Morgan fingerprint density at radius 3 is 2.53 bits per heavy atom. The van der Waals surface area contributed by atoms with Gasteiger partial charge >= 0.3 is 5.97 Å². The molecule has 0 aliphatic carbocycles. The third kappa shape index (κ3) is 3.55. The minimum absolute atomic E-state index is 0.127. The second kappa shape index (κ2) is 5.31. The second-order valence-corrected chi connectivity index (χ2v) is 4.92. The average molecular weight is 276 g/mol. The van der Waals surface area contributed by atoms with E-state index in [9.17, 15) is 13.2 Å². The number of primary sulfonamides is 1. The van der Waals surface area contributed by atoms with Crippen LogP contribution in [0.4, 0.5) is 0 Å². The zero-order valence-electron chi connectivity index (χ0n) is 8.88. The smallest absolute Gasteiger partial charge is 0.340 e. The van der Waals surface area contributed by atoms with Gasteiger partial charge in [-0.3, -0.25) is 0 Å². The van der Waals surface area contributed by atoms with Crippen LogP contribution in [-0.2, 0) is 14.8 Å². The molecule has 0 fully saturated rings. The summed E-state index contributed by atoms with van der Waals surface area (Å²) in [6.45, 7) is 1.44. The molecule has 92 valence electrons. The van der Waals surface area contributed by atoms with Gasteiger partial charge in [0, 0.05) is 11.1 Å². The number of esters is 1. The quantitative estimate of drug-likeness (QED) is 0.513. The standard InChI is InChI=1S/C10H10ClNO4S/c1-7(6-11)10(13)16-8-4-2-3-5-9(8)17(12,14)15/h2-6H,1H3,(H2,12,14,15). The summed E-state index contributed by atoms with van der Waals surface area (Å²) < 4.78 is 27.3. The number of sulfonamides is 1.